The largest absolute Gasteiger partial charge is 0.496 e. The first kappa shape index (κ1) is 14.5. The van der Waals surface area contributed by atoms with E-state index in [1.807, 2.05) is 31.3 Å². The van der Waals surface area contributed by atoms with Gasteiger partial charge in [0.25, 0.3) is 0 Å². The normalized spacial score (nSPS) is 12.2. The van der Waals surface area contributed by atoms with Gasteiger partial charge in [-0.05, 0) is 42.2 Å². The molecule has 1 aromatic carbocycles. The minimum absolute atomic E-state index is 0.538. The molecule has 1 aromatic heterocycles. The molecule has 0 fully saturated rings. The summed E-state index contributed by atoms with van der Waals surface area (Å²) in [6.07, 6.45) is 4.42. The molecule has 0 aliphatic heterocycles. The predicted molar refractivity (Wildman–Crippen MR) is 80.0 cm³/mol. The van der Waals surface area contributed by atoms with Crippen molar-refractivity contribution in [2.45, 2.75) is 32.8 Å². The van der Waals surface area contributed by atoms with Crippen LogP contribution >= 0.6 is 0 Å². The highest BCUT2D eigenvalue weighted by molar-refractivity contribution is 5.38. The molecule has 2 rings (SSSR count). The van der Waals surface area contributed by atoms with E-state index in [-0.39, 0.29) is 0 Å². The van der Waals surface area contributed by atoms with Crippen molar-refractivity contribution in [2.24, 2.45) is 0 Å². The molecule has 0 amide bonds. The van der Waals surface area contributed by atoms with Gasteiger partial charge in [-0.25, -0.2) is 0 Å². The van der Waals surface area contributed by atoms with Gasteiger partial charge in [0, 0.05) is 18.8 Å². The highest BCUT2D eigenvalue weighted by Crippen LogP contribution is 2.27. The molecular formula is C17H21NO2. The van der Waals surface area contributed by atoms with Crippen molar-refractivity contribution < 1.29 is 9.84 Å². The lowest BCUT2D eigenvalue weighted by molar-refractivity contribution is 0.176. The molecule has 106 valence electrons. The number of aromatic nitrogens is 1. The summed E-state index contributed by atoms with van der Waals surface area (Å²) in [5, 5.41) is 10.5. The molecule has 0 bridgehead atoms. The third kappa shape index (κ3) is 3.17. The van der Waals surface area contributed by atoms with E-state index in [9.17, 15) is 5.11 Å². The topological polar surface area (TPSA) is 42.4 Å². The minimum atomic E-state index is -0.538. The van der Waals surface area contributed by atoms with Gasteiger partial charge in [-0.3, -0.25) is 4.98 Å². The number of rotatable bonds is 5. The van der Waals surface area contributed by atoms with Crippen molar-refractivity contribution in [2.75, 3.05) is 7.11 Å². The molecule has 0 radical (unpaired) electrons. The molecule has 0 spiro atoms. The van der Waals surface area contributed by atoms with Crippen LogP contribution in [0.1, 0.15) is 35.3 Å². The zero-order valence-electron chi connectivity index (χ0n) is 12.3. The molecule has 2 aromatic rings. The number of hydrogen-bond acceptors (Lipinski definition) is 3. The standard InChI is InChI=1S/C17H21NO2/c1-4-13-11-18-8-7-15(13)16(19)10-14-9-12(2)5-6-17(14)20-3/h5-9,11,16,19H,4,10H2,1-3H3. The van der Waals surface area contributed by atoms with Crippen LogP contribution in [0.5, 0.6) is 5.75 Å². The Bertz CT molecular complexity index is 581. The third-order valence-corrected chi connectivity index (χ3v) is 3.53. The molecule has 3 nitrogen and oxygen atoms in total. The monoisotopic (exact) mass is 271 g/mol. The Labute approximate surface area is 120 Å². The average molecular weight is 271 g/mol. The van der Waals surface area contributed by atoms with Gasteiger partial charge in [0.1, 0.15) is 5.75 Å². The molecule has 0 saturated carbocycles. The van der Waals surface area contributed by atoms with Crippen LogP contribution in [0.25, 0.3) is 0 Å². The summed E-state index contributed by atoms with van der Waals surface area (Å²) in [6, 6.07) is 7.92. The summed E-state index contributed by atoms with van der Waals surface area (Å²) >= 11 is 0. The maximum atomic E-state index is 10.5. The zero-order valence-corrected chi connectivity index (χ0v) is 12.3. The number of aryl methyl sites for hydroxylation is 2. The van der Waals surface area contributed by atoms with Crippen molar-refractivity contribution in [1.82, 2.24) is 4.98 Å². The number of methoxy groups -OCH3 is 1. The van der Waals surface area contributed by atoms with Crippen LogP contribution in [0.4, 0.5) is 0 Å². The Morgan fingerprint density at radius 2 is 2.05 bits per heavy atom. The van der Waals surface area contributed by atoms with E-state index in [4.69, 9.17) is 4.74 Å². The fourth-order valence-corrected chi connectivity index (χ4v) is 2.44. The number of aliphatic hydroxyl groups excluding tert-OH is 1. The van der Waals surface area contributed by atoms with Crippen LogP contribution in [0.2, 0.25) is 0 Å². The second kappa shape index (κ2) is 6.53. The Morgan fingerprint density at radius 3 is 2.75 bits per heavy atom. The van der Waals surface area contributed by atoms with Crippen LogP contribution in [-0.4, -0.2) is 17.2 Å². The SMILES string of the molecule is CCc1cnccc1C(O)Cc1cc(C)ccc1OC. The summed E-state index contributed by atoms with van der Waals surface area (Å²) in [7, 11) is 1.66. The number of pyridine rings is 1. The van der Waals surface area contributed by atoms with Crippen molar-refractivity contribution in [1.29, 1.82) is 0 Å². The molecule has 0 saturated heterocycles. The molecule has 0 aliphatic carbocycles. The van der Waals surface area contributed by atoms with E-state index in [1.54, 1.807) is 13.3 Å². The van der Waals surface area contributed by atoms with Crippen LogP contribution in [-0.2, 0) is 12.8 Å². The second-order valence-electron chi connectivity index (χ2n) is 4.96. The van der Waals surface area contributed by atoms with Crippen LogP contribution in [0.3, 0.4) is 0 Å². The van der Waals surface area contributed by atoms with E-state index < -0.39 is 6.10 Å². The van der Waals surface area contributed by atoms with Gasteiger partial charge < -0.3 is 9.84 Å². The Morgan fingerprint density at radius 1 is 1.25 bits per heavy atom. The molecule has 1 N–H and O–H groups in total. The highest BCUT2D eigenvalue weighted by atomic mass is 16.5. The average Bonchev–Trinajstić information content (AvgIpc) is 2.47. The van der Waals surface area contributed by atoms with Gasteiger partial charge in [0.15, 0.2) is 0 Å². The van der Waals surface area contributed by atoms with Crippen LogP contribution in [0.15, 0.2) is 36.7 Å². The van der Waals surface area contributed by atoms with E-state index in [0.717, 1.165) is 28.9 Å². The fraction of sp³-hybridized carbons (Fsp3) is 0.353. The molecular weight excluding hydrogens is 250 g/mol. The zero-order chi connectivity index (χ0) is 14.5. The maximum Gasteiger partial charge on any atom is 0.122 e. The van der Waals surface area contributed by atoms with Crippen molar-refractivity contribution in [3.05, 3.63) is 58.9 Å². The van der Waals surface area contributed by atoms with Gasteiger partial charge in [0.2, 0.25) is 0 Å². The quantitative estimate of drug-likeness (QED) is 0.907. The first-order chi connectivity index (χ1) is 9.65. The van der Waals surface area contributed by atoms with Crippen molar-refractivity contribution in [3.63, 3.8) is 0 Å². The first-order valence-corrected chi connectivity index (χ1v) is 6.90. The number of hydrogen-bond donors (Lipinski definition) is 1. The molecule has 0 aliphatic rings. The van der Waals surface area contributed by atoms with Crippen molar-refractivity contribution >= 4 is 0 Å². The van der Waals surface area contributed by atoms with Gasteiger partial charge in [0.05, 0.1) is 13.2 Å². The number of nitrogens with zero attached hydrogens (tertiary/aromatic N) is 1. The second-order valence-corrected chi connectivity index (χ2v) is 4.96. The lowest BCUT2D eigenvalue weighted by atomic mass is 9.96. The van der Waals surface area contributed by atoms with Crippen molar-refractivity contribution in [3.8, 4) is 5.75 Å². The highest BCUT2D eigenvalue weighted by Gasteiger charge is 2.15. The summed E-state index contributed by atoms with van der Waals surface area (Å²) in [5.41, 5.74) is 4.23. The summed E-state index contributed by atoms with van der Waals surface area (Å²) in [4.78, 5) is 4.12. The van der Waals surface area contributed by atoms with E-state index in [2.05, 4.69) is 18.0 Å². The molecule has 1 unspecified atom stereocenters. The molecule has 3 heteroatoms. The van der Waals surface area contributed by atoms with Gasteiger partial charge in [-0.1, -0.05) is 24.6 Å². The summed E-state index contributed by atoms with van der Waals surface area (Å²) < 4.78 is 5.37. The fourth-order valence-electron chi connectivity index (χ4n) is 2.44. The summed E-state index contributed by atoms with van der Waals surface area (Å²) in [6.45, 7) is 4.11. The lowest BCUT2D eigenvalue weighted by Crippen LogP contribution is -2.07. The number of aliphatic hydroxyl groups is 1. The minimum Gasteiger partial charge on any atom is -0.496 e. The van der Waals surface area contributed by atoms with E-state index in [0.29, 0.717) is 6.42 Å². The van der Waals surface area contributed by atoms with Crippen LogP contribution < -0.4 is 4.74 Å². The van der Waals surface area contributed by atoms with Gasteiger partial charge >= 0.3 is 0 Å². The third-order valence-electron chi connectivity index (χ3n) is 3.53. The number of ether oxygens (including phenoxy) is 1. The van der Waals surface area contributed by atoms with E-state index in [1.165, 1.54) is 5.56 Å². The summed E-state index contributed by atoms with van der Waals surface area (Å²) in [5.74, 6) is 0.821. The Kier molecular flexibility index (Phi) is 4.74. The first-order valence-electron chi connectivity index (χ1n) is 6.90. The Balaban J connectivity index is 2.27. The molecule has 20 heavy (non-hydrogen) atoms. The lowest BCUT2D eigenvalue weighted by Gasteiger charge is -2.16. The smallest absolute Gasteiger partial charge is 0.122 e. The van der Waals surface area contributed by atoms with Gasteiger partial charge in [-0.15, -0.1) is 0 Å². The Hall–Kier alpha value is -1.87. The van der Waals surface area contributed by atoms with Gasteiger partial charge in [-0.2, -0.15) is 0 Å². The predicted octanol–water partition coefficient (Wildman–Crippen LogP) is 3.24. The van der Waals surface area contributed by atoms with E-state index >= 15 is 0 Å². The number of benzene rings is 1. The van der Waals surface area contributed by atoms with Crippen LogP contribution in [0, 0.1) is 6.92 Å². The maximum absolute atomic E-state index is 10.5. The molecule has 1 heterocycles. The molecule has 1 atom stereocenters.